The summed E-state index contributed by atoms with van der Waals surface area (Å²) in [4.78, 5) is 1.36. The van der Waals surface area contributed by atoms with Gasteiger partial charge < -0.3 is 10.1 Å². The molecule has 2 aromatic carbocycles. The third-order valence-electron chi connectivity index (χ3n) is 4.81. The lowest BCUT2D eigenvalue weighted by atomic mass is 10.0. The highest BCUT2D eigenvalue weighted by atomic mass is 127. The van der Waals surface area contributed by atoms with Crippen LogP contribution in [0.15, 0.2) is 42.6 Å². The zero-order chi connectivity index (χ0) is 17.4. The van der Waals surface area contributed by atoms with Gasteiger partial charge in [0.05, 0.1) is 0 Å². The molecule has 0 amide bonds. The number of aryl methyl sites for hydroxylation is 2. The molecule has 2 nitrogen and oxygen atoms in total. The van der Waals surface area contributed by atoms with Crippen molar-refractivity contribution < 1.29 is 4.74 Å². The van der Waals surface area contributed by atoms with Crippen molar-refractivity contribution in [2.24, 2.45) is 0 Å². The Hall–Kier alpha value is -1.14. The first-order chi connectivity index (χ1) is 12.1. The fourth-order valence-corrected chi connectivity index (χ4v) is 5.05. The standard InChI is InChI=1S/C21H22INOS/c1-13-11-16(9-10-19(13)24-14(2)22)21-23-12-20(25-21)18-8-4-6-15-5-3-7-17(15)18/h4,6,8-12,14,21,23H,3,5,7H2,1-2H3. The number of hydrogen-bond donors (Lipinski definition) is 1. The summed E-state index contributed by atoms with van der Waals surface area (Å²) < 4.78 is 6.03. The molecule has 1 aliphatic carbocycles. The lowest BCUT2D eigenvalue weighted by molar-refractivity contribution is 0.320. The summed E-state index contributed by atoms with van der Waals surface area (Å²) in [6.07, 6.45) is 5.93. The Bertz CT molecular complexity index is 831. The predicted octanol–water partition coefficient (Wildman–Crippen LogP) is 5.98. The molecular formula is C21H22INOS. The fraction of sp³-hybridized carbons (Fsp3) is 0.333. The quantitative estimate of drug-likeness (QED) is 0.446. The average molecular weight is 463 g/mol. The van der Waals surface area contributed by atoms with E-state index in [1.54, 1.807) is 5.56 Å². The molecule has 0 spiro atoms. The van der Waals surface area contributed by atoms with Crippen LogP contribution >= 0.6 is 34.4 Å². The number of ether oxygens (including phenoxy) is 1. The molecule has 4 heteroatoms. The number of halogens is 1. The van der Waals surface area contributed by atoms with Crippen molar-refractivity contribution in [1.82, 2.24) is 5.32 Å². The van der Waals surface area contributed by atoms with Crippen molar-refractivity contribution in [3.05, 3.63) is 70.4 Å². The van der Waals surface area contributed by atoms with Gasteiger partial charge in [0.25, 0.3) is 0 Å². The van der Waals surface area contributed by atoms with Crippen molar-refractivity contribution in [1.29, 1.82) is 0 Å². The monoisotopic (exact) mass is 463 g/mol. The molecule has 1 aliphatic heterocycles. The summed E-state index contributed by atoms with van der Waals surface area (Å²) >= 11 is 4.20. The number of nitrogens with one attached hydrogen (secondary N) is 1. The molecule has 2 unspecified atom stereocenters. The number of fused-ring (bicyclic) bond motifs is 1. The van der Waals surface area contributed by atoms with Gasteiger partial charge >= 0.3 is 0 Å². The first-order valence-electron chi connectivity index (χ1n) is 8.77. The van der Waals surface area contributed by atoms with Gasteiger partial charge in [0.15, 0.2) is 0 Å². The molecule has 0 aromatic heterocycles. The third kappa shape index (κ3) is 3.56. The molecule has 1 N–H and O–H groups in total. The summed E-state index contributed by atoms with van der Waals surface area (Å²) in [6, 6.07) is 13.3. The van der Waals surface area contributed by atoms with Crippen LogP contribution in [0.3, 0.4) is 0 Å². The van der Waals surface area contributed by atoms with Gasteiger partial charge in [0, 0.05) is 11.1 Å². The van der Waals surface area contributed by atoms with Crippen molar-refractivity contribution in [3.8, 4) is 5.75 Å². The molecule has 130 valence electrons. The summed E-state index contributed by atoms with van der Waals surface area (Å²) in [7, 11) is 0. The molecular weight excluding hydrogens is 441 g/mol. The number of thioether (sulfide) groups is 1. The molecule has 2 aromatic rings. The third-order valence-corrected chi connectivity index (χ3v) is 6.30. The summed E-state index contributed by atoms with van der Waals surface area (Å²) in [5.74, 6) is 0.975. The summed E-state index contributed by atoms with van der Waals surface area (Å²) in [5.41, 5.74) is 7.00. The number of rotatable bonds is 4. The highest BCUT2D eigenvalue weighted by molar-refractivity contribution is 14.1. The minimum absolute atomic E-state index is 0.176. The second kappa shape index (κ2) is 7.23. The van der Waals surface area contributed by atoms with Crippen LogP contribution in [0.4, 0.5) is 0 Å². The zero-order valence-corrected chi connectivity index (χ0v) is 17.5. The van der Waals surface area contributed by atoms with Crippen LogP contribution in [0, 0.1) is 6.92 Å². The first kappa shape index (κ1) is 17.3. The van der Waals surface area contributed by atoms with E-state index in [1.807, 2.05) is 11.8 Å². The average Bonchev–Trinajstić information content (AvgIpc) is 3.24. The van der Waals surface area contributed by atoms with Crippen molar-refractivity contribution in [3.63, 3.8) is 0 Å². The van der Waals surface area contributed by atoms with Gasteiger partial charge in [-0.1, -0.05) is 36.0 Å². The van der Waals surface area contributed by atoms with E-state index in [0.29, 0.717) is 0 Å². The van der Waals surface area contributed by atoms with Gasteiger partial charge in [-0.2, -0.15) is 0 Å². The van der Waals surface area contributed by atoms with Crippen LogP contribution < -0.4 is 10.1 Å². The van der Waals surface area contributed by atoms with E-state index < -0.39 is 0 Å². The topological polar surface area (TPSA) is 21.3 Å². The SMILES string of the molecule is Cc1cc(C2NC=C(c3cccc4c3CCC4)S2)ccc1OC(C)I. The molecule has 2 aliphatic rings. The van der Waals surface area contributed by atoms with Crippen molar-refractivity contribution in [2.45, 2.75) is 42.6 Å². The van der Waals surface area contributed by atoms with Gasteiger partial charge in [-0.25, -0.2) is 0 Å². The van der Waals surface area contributed by atoms with E-state index in [0.717, 1.165) is 5.75 Å². The molecule has 0 radical (unpaired) electrons. The van der Waals surface area contributed by atoms with E-state index in [9.17, 15) is 0 Å². The summed E-state index contributed by atoms with van der Waals surface area (Å²) in [6.45, 7) is 4.17. The van der Waals surface area contributed by atoms with Crippen LogP contribution in [0.2, 0.25) is 0 Å². The second-order valence-electron chi connectivity index (χ2n) is 6.66. The molecule has 4 rings (SSSR count). The Kier molecular flexibility index (Phi) is 5.00. The van der Waals surface area contributed by atoms with Gasteiger partial charge in [0.1, 0.15) is 15.2 Å². The van der Waals surface area contributed by atoms with Gasteiger partial charge in [-0.05, 0) is 95.7 Å². The van der Waals surface area contributed by atoms with Gasteiger partial charge in [-0.3, -0.25) is 0 Å². The van der Waals surface area contributed by atoms with Crippen molar-refractivity contribution >= 4 is 39.3 Å². The fourth-order valence-electron chi connectivity index (χ4n) is 3.65. The molecule has 2 atom stereocenters. The number of hydrogen-bond acceptors (Lipinski definition) is 3. The van der Waals surface area contributed by atoms with Gasteiger partial charge in [0.2, 0.25) is 0 Å². The normalized spacial score (nSPS) is 20.0. The molecule has 0 bridgehead atoms. The highest BCUT2D eigenvalue weighted by Gasteiger charge is 2.24. The smallest absolute Gasteiger partial charge is 0.146 e. The summed E-state index contributed by atoms with van der Waals surface area (Å²) in [5, 5.41) is 3.83. The highest BCUT2D eigenvalue weighted by Crippen LogP contribution is 2.45. The minimum atomic E-state index is 0.176. The van der Waals surface area contributed by atoms with Crippen LogP contribution in [-0.4, -0.2) is 4.11 Å². The molecule has 0 saturated heterocycles. The van der Waals surface area contributed by atoms with E-state index in [4.69, 9.17) is 4.74 Å². The molecule has 0 fully saturated rings. The lowest BCUT2D eigenvalue weighted by Crippen LogP contribution is -2.08. The van der Waals surface area contributed by atoms with E-state index in [1.165, 1.54) is 46.4 Å². The lowest BCUT2D eigenvalue weighted by Gasteiger charge is -2.16. The molecule has 1 heterocycles. The van der Waals surface area contributed by atoms with Crippen LogP contribution in [0.1, 0.15) is 46.5 Å². The van der Waals surface area contributed by atoms with Crippen LogP contribution in [0.25, 0.3) is 4.91 Å². The maximum Gasteiger partial charge on any atom is 0.146 e. The van der Waals surface area contributed by atoms with Crippen LogP contribution in [0.5, 0.6) is 5.75 Å². The number of benzene rings is 2. The minimum Gasteiger partial charge on any atom is -0.480 e. The Morgan fingerprint density at radius 1 is 1.24 bits per heavy atom. The van der Waals surface area contributed by atoms with E-state index in [-0.39, 0.29) is 9.48 Å². The molecule has 0 saturated carbocycles. The van der Waals surface area contributed by atoms with Gasteiger partial charge in [-0.15, -0.1) is 0 Å². The Balaban J connectivity index is 1.53. The Morgan fingerprint density at radius 3 is 2.92 bits per heavy atom. The zero-order valence-electron chi connectivity index (χ0n) is 14.5. The maximum atomic E-state index is 5.85. The second-order valence-corrected chi connectivity index (χ2v) is 9.56. The Labute approximate surface area is 167 Å². The van der Waals surface area contributed by atoms with E-state index in [2.05, 4.69) is 84.4 Å². The Morgan fingerprint density at radius 2 is 2.12 bits per heavy atom. The van der Waals surface area contributed by atoms with Crippen LogP contribution in [-0.2, 0) is 12.8 Å². The predicted molar refractivity (Wildman–Crippen MR) is 115 cm³/mol. The number of alkyl halides is 1. The van der Waals surface area contributed by atoms with Crippen molar-refractivity contribution in [2.75, 3.05) is 0 Å². The largest absolute Gasteiger partial charge is 0.480 e. The van der Waals surface area contributed by atoms with E-state index >= 15 is 0 Å². The maximum absolute atomic E-state index is 5.85. The first-order valence-corrected chi connectivity index (χ1v) is 10.9. The molecule has 25 heavy (non-hydrogen) atoms.